The molecule has 0 aromatic carbocycles. The van der Waals surface area contributed by atoms with E-state index >= 15 is 0 Å². The largest absolute Gasteiger partial charge is 0.282 e. The minimum absolute atomic E-state index is 0.0633. The van der Waals surface area contributed by atoms with Crippen molar-refractivity contribution in [3.05, 3.63) is 0 Å². The first kappa shape index (κ1) is 11.2. The van der Waals surface area contributed by atoms with Gasteiger partial charge in [0.25, 0.3) is 0 Å². The monoisotopic (exact) mass is 255 g/mol. The molecule has 3 rings (SSSR count). The zero-order valence-corrected chi connectivity index (χ0v) is 10.2. The molecule has 3 fully saturated rings. The number of carbonyl (C=O) groups excluding carboxylic acids is 3. The molecule has 4 atom stereocenters. The van der Waals surface area contributed by atoms with Crippen molar-refractivity contribution in [2.45, 2.75) is 25.7 Å². The summed E-state index contributed by atoms with van der Waals surface area (Å²) in [7, 11) is 0. The summed E-state index contributed by atoms with van der Waals surface area (Å²) in [5.74, 6) is 0.491. The molecule has 2 aliphatic carbocycles. The molecular formula is C12H14ClNO3. The maximum absolute atomic E-state index is 12.2. The van der Waals surface area contributed by atoms with E-state index < -0.39 is 5.24 Å². The smallest absolute Gasteiger partial charge is 0.233 e. The lowest BCUT2D eigenvalue weighted by Gasteiger charge is -2.19. The average molecular weight is 256 g/mol. The first-order valence-electron chi connectivity index (χ1n) is 6.13. The molecule has 1 heterocycles. The first-order chi connectivity index (χ1) is 8.09. The minimum atomic E-state index is -0.495. The summed E-state index contributed by atoms with van der Waals surface area (Å²) in [6, 6.07) is 0. The number of fused-ring (bicyclic) bond motifs is 5. The number of likely N-dealkylation sites (tertiary alicyclic amines) is 1. The Kier molecular flexibility index (Phi) is 2.51. The van der Waals surface area contributed by atoms with E-state index in [1.807, 2.05) is 0 Å². The quantitative estimate of drug-likeness (QED) is 0.562. The molecule has 4 nitrogen and oxygen atoms in total. The van der Waals surface area contributed by atoms with Gasteiger partial charge < -0.3 is 0 Å². The molecule has 92 valence electrons. The highest BCUT2D eigenvalue weighted by Crippen LogP contribution is 2.56. The van der Waals surface area contributed by atoms with Crippen molar-refractivity contribution in [2.24, 2.45) is 23.7 Å². The lowest BCUT2D eigenvalue weighted by molar-refractivity contribution is -0.140. The van der Waals surface area contributed by atoms with Gasteiger partial charge in [0, 0.05) is 13.0 Å². The predicted molar refractivity (Wildman–Crippen MR) is 60.0 cm³/mol. The van der Waals surface area contributed by atoms with Gasteiger partial charge in [-0.3, -0.25) is 19.3 Å². The van der Waals surface area contributed by atoms with E-state index in [4.69, 9.17) is 11.6 Å². The minimum Gasteiger partial charge on any atom is -0.282 e. The highest BCUT2D eigenvalue weighted by atomic mass is 35.5. The van der Waals surface area contributed by atoms with Crippen LogP contribution in [-0.4, -0.2) is 28.5 Å². The van der Waals surface area contributed by atoms with E-state index in [0.717, 1.165) is 19.3 Å². The number of rotatable bonds is 3. The van der Waals surface area contributed by atoms with Crippen LogP contribution in [0.25, 0.3) is 0 Å². The van der Waals surface area contributed by atoms with Crippen LogP contribution in [0.1, 0.15) is 25.7 Å². The number of imide groups is 1. The third-order valence-corrected chi connectivity index (χ3v) is 4.74. The van der Waals surface area contributed by atoms with Gasteiger partial charge >= 0.3 is 0 Å². The number of hydrogen-bond acceptors (Lipinski definition) is 3. The van der Waals surface area contributed by atoms with E-state index in [1.165, 1.54) is 4.90 Å². The van der Waals surface area contributed by atoms with Gasteiger partial charge in [0.15, 0.2) is 0 Å². The van der Waals surface area contributed by atoms with Crippen molar-refractivity contribution in [1.29, 1.82) is 0 Å². The highest BCUT2D eigenvalue weighted by Gasteiger charge is 2.60. The molecule has 0 spiro atoms. The lowest BCUT2D eigenvalue weighted by Crippen LogP contribution is -2.34. The lowest BCUT2D eigenvalue weighted by atomic mass is 9.81. The molecule has 17 heavy (non-hydrogen) atoms. The fraction of sp³-hybridized carbons (Fsp3) is 0.750. The van der Waals surface area contributed by atoms with Crippen molar-refractivity contribution in [2.75, 3.05) is 6.54 Å². The molecule has 0 unspecified atom stereocenters. The van der Waals surface area contributed by atoms with Crippen molar-refractivity contribution in [3.63, 3.8) is 0 Å². The van der Waals surface area contributed by atoms with Gasteiger partial charge in [-0.05, 0) is 42.7 Å². The van der Waals surface area contributed by atoms with Crippen LogP contribution in [0, 0.1) is 23.7 Å². The van der Waals surface area contributed by atoms with E-state index in [1.54, 1.807) is 0 Å². The Morgan fingerprint density at radius 1 is 1.18 bits per heavy atom. The second-order valence-electron chi connectivity index (χ2n) is 5.32. The summed E-state index contributed by atoms with van der Waals surface area (Å²) in [5.41, 5.74) is 0. The maximum atomic E-state index is 12.2. The van der Waals surface area contributed by atoms with Gasteiger partial charge in [-0.1, -0.05) is 0 Å². The molecule has 2 amide bonds. The zero-order valence-electron chi connectivity index (χ0n) is 9.39. The molecule has 2 bridgehead atoms. The van der Waals surface area contributed by atoms with Gasteiger partial charge in [-0.2, -0.15) is 0 Å². The van der Waals surface area contributed by atoms with E-state index in [2.05, 4.69) is 0 Å². The molecule has 1 aliphatic heterocycles. The van der Waals surface area contributed by atoms with Crippen LogP contribution in [-0.2, 0) is 14.4 Å². The number of halogens is 1. The molecule has 0 aromatic heterocycles. The van der Waals surface area contributed by atoms with Gasteiger partial charge in [0.1, 0.15) is 0 Å². The molecule has 3 aliphatic rings. The van der Waals surface area contributed by atoms with E-state index in [9.17, 15) is 14.4 Å². The summed E-state index contributed by atoms with van der Waals surface area (Å²) in [6.45, 7) is 0.159. The Morgan fingerprint density at radius 3 is 2.18 bits per heavy atom. The molecule has 1 saturated heterocycles. The Labute approximate surface area is 104 Å². The van der Waals surface area contributed by atoms with Crippen LogP contribution in [0.2, 0.25) is 0 Å². The van der Waals surface area contributed by atoms with Gasteiger partial charge in [-0.25, -0.2) is 0 Å². The van der Waals surface area contributed by atoms with Gasteiger partial charge in [-0.15, -0.1) is 0 Å². The number of nitrogens with zero attached hydrogens (tertiary/aromatic N) is 1. The van der Waals surface area contributed by atoms with Gasteiger partial charge in [0.2, 0.25) is 17.1 Å². The van der Waals surface area contributed by atoms with Crippen molar-refractivity contribution < 1.29 is 14.4 Å². The SMILES string of the molecule is O=C(Cl)CCN1C(=O)[C@@H]2[C@H]3CC[C@@H](C3)[C@@H]2C1=O. The summed E-state index contributed by atoms with van der Waals surface area (Å²) in [5, 5.41) is -0.495. The third kappa shape index (κ3) is 1.53. The van der Waals surface area contributed by atoms with Crippen LogP contribution in [0.3, 0.4) is 0 Å². The summed E-state index contributed by atoms with van der Waals surface area (Å²) < 4.78 is 0. The normalized spacial score (nSPS) is 39.0. The Bertz CT molecular complexity index is 381. The zero-order chi connectivity index (χ0) is 12.2. The maximum Gasteiger partial charge on any atom is 0.233 e. The summed E-state index contributed by atoms with van der Waals surface area (Å²) in [6.07, 6.45) is 3.25. The third-order valence-electron chi connectivity index (χ3n) is 4.55. The fourth-order valence-electron chi connectivity index (χ4n) is 3.89. The molecule has 0 aromatic rings. The van der Waals surface area contributed by atoms with Crippen molar-refractivity contribution in [1.82, 2.24) is 4.90 Å². The second-order valence-corrected chi connectivity index (χ2v) is 5.74. The number of hydrogen-bond donors (Lipinski definition) is 0. The van der Waals surface area contributed by atoms with E-state index in [0.29, 0.717) is 11.8 Å². The number of carbonyl (C=O) groups is 3. The second kappa shape index (κ2) is 3.80. The van der Waals surface area contributed by atoms with Crippen molar-refractivity contribution in [3.8, 4) is 0 Å². The summed E-state index contributed by atoms with van der Waals surface area (Å²) in [4.78, 5) is 36.3. The Hall–Kier alpha value is -0.900. The molecular weight excluding hydrogens is 242 g/mol. The molecule has 5 heteroatoms. The van der Waals surface area contributed by atoms with Crippen LogP contribution in [0.15, 0.2) is 0 Å². The van der Waals surface area contributed by atoms with Crippen molar-refractivity contribution >= 4 is 28.7 Å². The van der Waals surface area contributed by atoms with Crippen LogP contribution < -0.4 is 0 Å². The van der Waals surface area contributed by atoms with Crippen LogP contribution in [0.4, 0.5) is 0 Å². The number of amides is 2. The Balaban J connectivity index is 1.78. The van der Waals surface area contributed by atoms with Gasteiger partial charge in [0.05, 0.1) is 11.8 Å². The van der Waals surface area contributed by atoms with Crippen LogP contribution in [0.5, 0.6) is 0 Å². The standard InChI is InChI=1S/C12H14ClNO3/c13-8(15)3-4-14-11(16)9-6-1-2-7(5-6)10(9)12(14)17/h6-7,9-10H,1-5H2/t6-,7-,9-,10+/m0/s1. The fourth-order valence-corrected chi connectivity index (χ4v) is 3.98. The highest BCUT2D eigenvalue weighted by molar-refractivity contribution is 6.63. The first-order valence-corrected chi connectivity index (χ1v) is 6.51. The predicted octanol–water partition coefficient (Wildman–Crippen LogP) is 1.17. The molecule has 0 radical (unpaired) electrons. The Morgan fingerprint density at radius 2 is 1.71 bits per heavy atom. The van der Waals surface area contributed by atoms with E-state index in [-0.39, 0.29) is 36.6 Å². The van der Waals surface area contributed by atoms with Crippen LogP contribution >= 0.6 is 11.6 Å². The average Bonchev–Trinajstić information content (AvgIpc) is 2.92. The summed E-state index contributed by atoms with van der Waals surface area (Å²) >= 11 is 5.25. The molecule has 2 saturated carbocycles. The topological polar surface area (TPSA) is 54.5 Å². The molecule has 0 N–H and O–H groups in total.